The van der Waals surface area contributed by atoms with Crippen LogP contribution in [0.4, 0.5) is 0 Å². The number of hydrogen-bond acceptors (Lipinski definition) is 3. The average molecular weight is 320 g/mol. The number of hydrogen-bond donors (Lipinski definition) is 3. The van der Waals surface area contributed by atoms with Crippen molar-refractivity contribution in [3.8, 4) is 0 Å². The minimum atomic E-state index is -0.305. The third kappa shape index (κ3) is 7.28. The van der Waals surface area contributed by atoms with Crippen molar-refractivity contribution in [1.82, 2.24) is 10.6 Å². The Kier molecular flexibility index (Phi) is 6.76. The third-order valence-electron chi connectivity index (χ3n) is 3.34. The van der Waals surface area contributed by atoms with E-state index in [2.05, 4.69) is 10.6 Å². The molecule has 0 aliphatic rings. The molecule has 2 amide bonds. The lowest BCUT2D eigenvalue weighted by molar-refractivity contribution is -0.121. The number of aliphatic hydroxyl groups is 1. The van der Waals surface area contributed by atoms with Gasteiger partial charge in [-0.25, -0.2) is 0 Å². The highest BCUT2D eigenvalue weighted by Gasteiger charge is 2.20. The molecule has 1 rings (SSSR count). The van der Waals surface area contributed by atoms with Crippen LogP contribution in [0.15, 0.2) is 18.2 Å². The minimum absolute atomic E-state index is 0.00299. The number of aliphatic hydroxyl groups excluding tert-OH is 1. The molecule has 1 unspecified atom stereocenters. The Morgan fingerprint density at radius 2 is 1.70 bits per heavy atom. The number of benzene rings is 1. The van der Waals surface area contributed by atoms with Gasteiger partial charge in [0.05, 0.1) is 19.2 Å². The molecule has 0 aliphatic carbocycles. The van der Waals surface area contributed by atoms with E-state index in [-0.39, 0.29) is 36.4 Å². The standard InChI is InChI=1S/C18H28N2O3/c1-12-6-13(2)8-14(7-12)17(23)19-10-16(22)20-15(11-21)9-18(3,4)5/h6-8,15,21H,9-11H2,1-5H3,(H,19,23)(H,20,22). The highest BCUT2D eigenvalue weighted by molar-refractivity contribution is 5.96. The second-order valence-corrected chi connectivity index (χ2v) is 7.27. The van der Waals surface area contributed by atoms with Crippen LogP contribution >= 0.6 is 0 Å². The number of rotatable bonds is 6. The Bertz CT molecular complexity index is 542. The van der Waals surface area contributed by atoms with E-state index in [1.54, 1.807) is 12.1 Å². The zero-order valence-electron chi connectivity index (χ0n) is 14.7. The van der Waals surface area contributed by atoms with Gasteiger partial charge >= 0.3 is 0 Å². The lowest BCUT2D eigenvalue weighted by Crippen LogP contribution is -2.44. The monoisotopic (exact) mass is 320 g/mol. The molecule has 128 valence electrons. The Hall–Kier alpha value is -1.88. The Labute approximate surface area is 138 Å². The van der Waals surface area contributed by atoms with Gasteiger partial charge in [-0.2, -0.15) is 0 Å². The summed E-state index contributed by atoms with van der Waals surface area (Å²) in [5.41, 5.74) is 2.56. The van der Waals surface area contributed by atoms with E-state index < -0.39 is 0 Å². The van der Waals surface area contributed by atoms with E-state index in [9.17, 15) is 14.7 Å². The van der Waals surface area contributed by atoms with Crippen LogP contribution in [0.5, 0.6) is 0 Å². The second-order valence-electron chi connectivity index (χ2n) is 7.27. The fourth-order valence-corrected chi connectivity index (χ4v) is 2.55. The zero-order chi connectivity index (χ0) is 17.6. The van der Waals surface area contributed by atoms with Crippen LogP contribution in [0.2, 0.25) is 0 Å². The number of aryl methyl sites for hydroxylation is 2. The van der Waals surface area contributed by atoms with Crippen LogP contribution in [-0.4, -0.2) is 36.1 Å². The van der Waals surface area contributed by atoms with E-state index in [4.69, 9.17) is 0 Å². The minimum Gasteiger partial charge on any atom is -0.394 e. The SMILES string of the molecule is Cc1cc(C)cc(C(=O)NCC(=O)NC(CO)CC(C)(C)C)c1. The van der Waals surface area contributed by atoms with Crippen LogP contribution in [-0.2, 0) is 4.79 Å². The first kappa shape index (κ1) is 19.2. The van der Waals surface area contributed by atoms with Gasteiger partial charge in [0, 0.05) is 5.56 Å². The molecule has 1 aromatic carbocycles. The van der Waals surface area contributed by atoms with Crippen LogP contribution in [0.25, 0.3) is 0 Å². The molecule has 0 aromatic heterocycles. The molecule has 0 fully saturated rings. The van der Waals surface area contributed by atoms with Gasteiger partial charge in [0.15, 0.2) is 0 Å². The summed E-state index contributed by atoms with van der Waals surface area (Å²) in [6.07, 6.45) is 0.667. The maximum atomic E-state index is 12.1. The maximum absolute atomic E-state index is 12.1. The molecule has 3 N–H and O–H groups in total. The van der Waals surface area contributed by atoms with Crippen molar-refractivity contribution in [3.63, 3.8) is 0 Å². The Balaban J connectivity index is 2.53. The molecule has 0 bridgehead atoms. The summed E-state index contributed by atoms with van der Waals surface area (Å²) in [5, 5.41) is 14.7. The van der Waals surface area contributed by atoms with Crippen molar-refractivity contribution in [2.45, 2.75) is 47.1 Å². The summed E-state index contributed by atoms with van der Waals surface area (Å²) >= 11 is 0. The quantitative estimate of drug-likeness (QED) is 0.749. The van der Waals surface area contributed by atoms with Gasteiger partial charge in [0.2, 0.25) is 5.91 Å². The van der Waals surface area contributed by atoms with Crippen molar-refractivity contribution < 1.29 is 14.7 Å². The van der Waals surface area contributed by atoms with Crippen LogP contribution in [0, 0.1) is 19.3 Å². The molecule has 1 aromatic rings. The predicted molar refractivity (Wildman–Crippen MR) is 91.3 cm³/mol. The highest BCUT2D eigenvalue weighted by atomic mass is 16.3. The first-order valence-electron chi connectivity index (χ1n) is 7.87. The van der Waals surface area contributed by atoms with Gasteiger partial charge in [-0.15, -0.1) is 0 Å². The third-order valence-corrected chi connectivity index (χ3v) is 3.34. The molecule has 0 saturated heterocycles. The number of amides is 2. The molecule has 0 spiro atoms. The molecule has 0 heterocycles. The number of nitrogens with one attached hydrogen (secondary N) is 2. The lowest BCUT2D eigenvalue weighted by atomic mass is 9.88. The van der Waals surface area contributed by atoms with Gasteiger partial charge < -0.3 is 15.7 Å². The van der Waals surface area contributed by atoms with Gasteiger partial charge in [0.1, 0.15) is 0 Å². The van der Waals surface area contributed by atoms with E-state index in [1.165, 1.54) is 0 Å². The van der Waals surface area contributed by atoms with Crippen molar-refractivity contribution in [3.05, 3.63) is 34.9 Å². The van der Waals surface area contributed by atoms with Crippen molar-refractivity contribution in [2.75, 3.05) is 13.2 Å². The van der Waals surface area contributed by atoms with E-state index in [0.717, 1.165) is 11.1 Å². The summed E-state index contributed by atoms with van der Waals surface area (Å²) in [7, 11) is 0. The normalized spacial score (nSPS) is 12.6. The topological polar surface area (TPSA) is 78.4 Å². The van der Waals surface area contributed by atoms with E-state index >= 15 is 0 Å². The summed E-state index contributed by atoms with van der Waals surface area (Å²) in [6.45, 7) is 9.77. The fraction of sp³-hybridized carbons (Fsp3) is 0.556. The molecule has 5 nitrogen and oxygen atoms in total. The highest BCUT2D eigenvalue weighted by Crippen LogP contribution is 2.20. The van der Waals surface area contributed by atoms with Crippen molar-refractivity contribution in [1.29, 1.82) is 0 Å². The molecule has 0 aliphatic heterocycles. The Morgan fingerprint density at radius 3 is 2.17 bits per heavy atom. The Morgan fingerprint density at radius 1 is 1.13 bits per heavy atom. The average Bonchev–Trinajstić information content (AvgIpc) is 2.41. The summed E-state index contributed by atoms with van der Waals surface area (Å²) in [5.74, 6) is -0.575. The second kappa shape index (κ2) is 8.11. The first-order chi connectivity index (χ1) is 10.6. The van der Waals surface area contributed by atoms with Gasteiger partial charge in [-0.1, -0.05) is 38.0 Å². The van der Waals surface area contributed by atoms with Crippen LogP contribution in [0.1, 0.15) is 48.7 Å². The smallest absolute Gasteiger partial charge is 0.251 e. The summed E-state index contributed by atoms with van der Waals surface area (Å²) in [6, 6.07) is 5.26. The zero-order valence-corrected chi connectivity index (χ0v) is 14.7. The largest absolute Gasteiger partial charge is 0.394 e. The predicted octanol–water partition coefficient (Wildman–Crippen LogP) is 1.95. The molecular formula is C18H28N2O3. The van der Waals surface area contributed by atoms with Gasteiger partial charge in [0.25, 0.3) is 5.91 Å². The first-order valence-corrected chi connectivity index (χ1v) is 7.87. The maximum Gasteiger partial charge on any atom is 0.251 e. The fourth-order valence-electron chi connectivity index (χ4n) is 2.55. The lowest BCUT2D eigenvalue weighted by Gasteiger charge is -2.25. The van der Waals surface area contributed by atoms with E-state index in [0.29, 0.717) is 12.0 Å². The molecule has 23 heavy (non-hydrogen) atoms. The van der Waals surface area contributed by atoms with Gasteiger partial charge in [-0.3, -0.25) is 9.59 Å². The van der Waals surface area contributed by atoms with Crippen LogP contribution < -0.4 is 10.6 Å². The molecule has 5 heteroatoms. The van der Waals surface area contributed by atoms with Gasteiger partial charge in [-0.05, 0) is 37.8 Å². The molecule has 1 atom stereocenters. The number of carbonyl (C=O) groups is 2. The molecule has 0 radical (unpaired) electrons. The summed E-state index contributed by atoms with van der Waals surface area (Å²) in [4.78, 5) is 24.0. The van der Waals surface area contributed by atoms with Crippen molar-refractivity contribution >= 4 is 11.8 Å². The van der Waals surface area contributed by atoms with E-state index in [1.807, 2.05) is 40.7 Å². The summed E-state index contributed by atoms with van der Waals surface area (Å²) < 4.78 is 0. The van der Waals surface area contributed by atoms with Crippen molar-refractivity contribution in [2.24, 2.45) is 5.41 Å². The number of carbonyl (C=O) groups excluding carboxylic acids is 2. The molecular weight excluding hydrogens is 292 g/mol. The van der Waals surface area contributed by atoms with Crippen LogP contribution in [0.3, 0.4) is 0 Å². The molecule has 0 saturated carbocycles.